The standard InChI is InChI=1S/C18H22N2O4/c1-13-2-3-16(24-13)18(21)20-10-15-9-19(5-7-23-17(15)11-20)8-14-4-6-22-12-14/h2-4,6,12,15,17H,5,7-11H2,1H3/t15-,17+/m0/s1. The Kier molecular flexibility index (Phi) is 4.16. The van der Waals surface area contributed by atoms with Gasteiger partial charge in [0.25, 0.3) is 5.91 Å². The topological polar surface area (TPSA) is 59.1 Å². The second kappa shape index (κ2) is 6.45. The fourth-order valence-corrected chi connectivity index (χ4v) is 3.62. The highest BCUT2D eigenvalue weighted by Crippen LogP contribution is 2.26. The minimum atomic E-state index is -0.0406. The van der Waals surface area contributed by atoms with Crippen molar-refractivity contribution in [1.29, 1.82) is 0 Å². The number of rotatable bonds is 3. The van der Waals surface area contributed by atoms with E-state index in [2.05, 4.69) is 4.90 Å². The molecule has 0 saturated carbocycles. The van der Waals surface area contributed by atoms with Crippen molar-refractivity contribution in [3.8, 4) is 0 Å². The molecule has 0 spiro atoms. The van der Waals surface area contributed by atoms with Crippen LogP contribution in [0, 0.1) is 12.8 Å². The molecular formula is C18H22N2O4. The van der Waals surface area contributed by atoms with E-state index in [-0.39, 0.29) is 12.0 Å². The lowest BCUT2D eigenvalue weighted by molar-refractivity contribution is 0.0476. The van der Waals surface area contributed by atoms with Gasteiger partial charge in [-0.3, -0.25) is 9.69 Å². The first kappa shape index (κ1) is 15.5. The SMILES string of the molecule is Cc1ccc(C(=O)N2C[C@@H]3CN(Cc4ccoc4)CCO[C@@H]3C2)o1. The number of carbonyl (C=O) groups excluding carboxylic acids is 1. The van der Waals surface area contributed by atoms with Crippen LogP contribution in [-0.2, 0) is 11.3 Å². The normalized spacial score (nSPS) is 24.8. The van der Waals surface area contributed by atoms with E-state index in [1.54, 1.807) is 18.6 Å². The molecule has 6 heteroatoms. The molecule has 0 aliphatic carbocycles. The van der Waals surface area contributed by atoms with Gasteiger partial charge in [0.2, 0.25) is 0 Å². The van der Waals surface area contributed by atoms with E-state index in [0.717, 1.165) is 25.4 Å². The molecule has 4 heterocycles. The maximum absolute atomic E-state index is 12.6. The molecule has 2 aromatic heterocycles. The van der Waals surface area contributed by atoms with Gasteiger partial charge in [0.15, 0.2) is 5.76 Å². The summed E-state index contributed by atoms with van der Waals surface area (Å²) in [5.41, 5.74) is 1.17. The van der Waals surface area contributed by atoms with Gasteiger partial charge in [-0.25, -0.2) is 0 Å². The molecule has 2 saturated heterocycles. The van der Waals surface area contributed by atoms with Gasteiger partial charge in [-0.2, -0.15) is 0 Å². The molecule has 128 valence electrons. The van der Waals surface area contributed by atoms with Crippen LogP contribution in [0.15, 0.2) is 39.6 Å². The Morgan fingerprint density at radius 3 is 2.92 bits per heavy atom. The van der Waals surface area contributed by atoms with Crippen molar-refractivity contribution in [2.75, 3.05) is 32.8 Å². The van der Waals surface area contributed by atoms with Crippen molar-refractivity contribution in [3.63, 3.8) is 0 Å². The largest absolute Gasteiger partial charge is 0.472 e. The van der Waals surface area contributed by atoms with E-state index in [4.69, 9.17) is 13.6 Å². The number of aryl methyl sites for hydroxylation is 1. The Bertz CT molecular complexity index is 694. The summed E-state index contributed by atoms with van der Waals surface area (Å²) >= 11 is 0. The Morgan fingerprint density at radius 1 is 1.25 bits per heavy atom. The van der Waals surface area contributed by atoms with Crippen LogP contribution in [0.25, 0.3) is 0 Å². The van der Waals surface area contributed by atoms with Crippen LogP contribution in [0.1, 0.15) is 21.9 Å². The molecule has 2 aromatic rings. The molecule has 1 amide bonds. The minimum absolute atomic E-state index is 0.0406. The van der Waals surface area contributed by atoms with E-state index in [0.29, 0.717) is 31.4 Å². The van der Waals surface area contributed by atoms with E-state index in [1.165, 1.54) is 5.56 Å². The van der Waals surface area contributed by atoms with Gasteiger partial charge in [-0.1, -0.05) is 0 Å². The zero-order valence-electron chi connectivity index (χ0n) is 13.8. The quantitative estimate of drug-likeness (QED) is 0.863. The Labute approximate surface area is 141 Å². The fourth-order valence-electron chi connectivity index (χ4n) is 3.62. The summed E-state index contributed by atoms with van der Waals surface area (Å²) in [5, 5.41) is 0. The number of furan rings is 2. The molecule has 2 fully saturated rings. The summed E-state index contributed by atoms with van der Waals surface area (Å²) in [6.07, 6.45) is 3.60. The summed E-state index contributed by atoms with van der Waals surface area (Å²) in [5.74, 6) is 1.47. The highest BCUT2D eigenvalue weighted by atomic mass is 16.5. The van der Waals surface area contributed by atoms with Crippen molar-refractivity contribution in [2.24, 2.45) is 5.92 Å². The molecule has 0 N–H and O–H groups in total. The van der Waals surface area contributed by atoms with Crippen LogP contribution in [0.3, 0.4) is 0 Å². The van der Waals surface area contributed by atoms with Gasteiger partial charge in [-0.15, -0.1) is 0 Å². The highest BCUT2D eigenvalue weighted by Gasteiger charge is 2.39. The average molecular weight is 330 g/mol. The van der Waals surface area contributed by atoms with Crippen LogP contribution in [0.2, 0.25) is 0 Å². The fraction of sp³-hybridized carbons (Fsp3) is 0.500. The summed E-state index contributed by atoms with van der Waals surface area (Å²) in [6, 6.07) is 5.56. The Morgan fingerprint density at radius 2 is 2.17 bits per heavy atom. The van der Waals surface area contributed by atoms with E-state index in [9.17, 15) is 4.79 Å². The lowest BCUT2D eigenvalue weighted by atomic mass is 10.1. The number of amides is 1. The number of carbonyl (C=O) groups is 1. The maximum atomic E-state index is 12.6. The maximum Gasteiger partial charge on any atom is 0.289 e. The molecule has 24 heavy (non-hydrogen) atoms. The van der Waals surface area contributed by atoms with Crippen LogP contribution in [0.4, 0.5) is 0 Å². The first-order valence-corrected chi connectivity index (χ1v) is 8.40. The summed E-state index contributed by atoms with van der Waals surface area (Å²) < 4.78 is 16.6. The number of fused-ring (bicyclic) bond motifs is 1. The Balaban J connectivity index is 1.41. The van der Waals surface area contributed by atoms with Crippen LogP contribution in [-0.4, -0.2) is 54.6 Å². The third-order valence-corrected chi connectivity index (χ3v) is 4.84. The van der Waals surface area contributed by atoms with Gasteiger partial charge in [0.05, 0.1) is 25.2 Å². The predicted molar refractivity (Wildman–Crippen MR) is 86.6 cm³/mol. The summed E-state index contributed by atoms with van der Waals surface area (Å²) in [6.45, 7) is 6.59. The first-order valence-electron chi connectivity index (χ1n) is 8.40. The van der Waals surface area contributed by atoms with Gasteiger partial charge < -0.3 is 18.5 Å². The van der Waals surface area contributed by atoms with Gasteiger partial charge in [0.1, 0.15) is 5.76 Å². The molecule has 4 rings (SSSR count). The third-order valence-electron chi connectivity index (χ3n) is 4.84. The monoisotopic (exact) mass is 330 g/mol. The second-order valence-corrected chi connectivity index (χ2v) is 6.66. The summed E-state index contributed by atoms with van der Waals surface area (Å²) in [7, 11) is 0. The molecule has 2 atom stereocenters. The first-order chi connectivity index (χ1) is 11.7. The smallest absolute Gasteiger partial charge is 0.289 e. The number of hydrogen-bond acceptors (Lipinski definition) is 5. The molecule has 2 aliphatic heterocycles. The van der Waals surface area contributed by atoms with Gasteiger partial charge >= 0.3 is 0 Å². The molecule has 6 nitrogen and oxygen atoms in total. The third kappa shape index (κ3) is 3.12. The van der Waals surface area contributed by atoms with Gasteiger partial charge in [0, 0.05) is 44.2 Å². The molecule has 0 bridgehead atoms. The minimum Gasteiger partial charge on any atom is -0.472 e. The lowest BCUT2D eigenvalue weighted by Gasteiger charge is -2.22. The molecule has 0 unspecified atom stereocenters. The van der Waals surface area contributed by atoms with E-state index >= 15 is 0 Å². The van der Waals surface area contributed by atoms with Gasteiger partial charge in [-0.05, 0) is 25.1 Å². The number of likely N-dealkylation sites (tertiary alicyclic amines) is 1. The van der Waals surface area contributed by atoms with Crippen LogP contribution >= 0.6 is 0 Å². The molecule has 0 aromatic carbocycles. The highest BCUT2D eigenvalue weighted by molar-refractivity contribution is 5.91. The second-order valence-electron chi connectivity index (χ2n) is 6.66. The zero-order valence-corrected chi connectivity index (χ0v) is 13.8. The molecule has 0 radical (unpaired) electrons. The van der Waals surface area contributed by atoms with Crippen molar-refractivity contribution in [1.82, 2.24) is 9.80 Å². The zero-order chi connectivity index (χ0) is 16.5. The summed E-state index contributed by atoms with van der Waals surface area (Å²) in [4.78, 5) is 16.8. The van der Waals surface area contributed by atoms with Crippen molar-refractivity contribution < 1.29 is 18.4 Å². The lowest BCUT2D eigenvalue weighted by Crippen LogP contribution is -2.33. The van der Waals surface area contributed by atoms with Crippen LogP contribution < -0.4 is 0 Å². The Hall–Kier alpha value is -2.05. The van der Waals surface area contributed by atoms with E-state index < -0.39 is 0 Å². The van der Waals surface area contributed by atoms with Crippen molar-refractivity contribution in [3.05, 3.63) is 47.8 Å². The average Bonchev–Trinajstić information content (AvgIpc) is 3.28. The van der Waals surface area contributed by atoms with Crippen LogP contribution in [0.5, 0.6) is 0 Å². The number of hydrogen-bond donors (Lipinski definition) is 0. The van der Waals surface area contributed by atoms with Crippen molar-refractivity contribution in [2.45, 2.75) is 19.6 Å². The van der Waals surface area contributed by atoms with E-state index in [1.807, 2.05) is 24.0 Å². The predicted octanol–water partition coefficient (Wildman–Crippen LogP) is 2.15. The molecule has 2 aliphatic rings. The number of nitrogens with zero attached hydrogens (tertiary/aromatic N) is 2. The molecular weight excluding hydrogens is 308 g/mol. The number of ether oxygens (including phenoxy) is 1. The van der Waals surface area contributed by atoms with Crippen molar-refractivity contribution >= 4 is 5.91 Å².